The van der Waals surface area contributed by atoms with Crippen molar-refractivity contribution >= 4 is 20.9 Å². The molecule has 0 unspecified atom stereocenters. The average molecular weight is 564 g/mol. The molecule has 0 fully saturated rings. The number of sulfone groups is 1. The van der Waals surface area contributed by atoms with Crippen molar-refractivity contribution in [3.63, 3.8) is 0 Å². The van der Waals surface area contributed by atoms with Crippen LogP contribution in [0.15, 0.2) is 137 Å². The van der Waals surface area contributed by atoms with Crippen LogP contribution in [0.25, 0.3) is 62.3 Å². The predicted octanol–water partition coefficient (Wildman–Crippen LogP) is 7.02. The van der Waals surface area contributed by atoms with Crippen molar-refractivity contribution < 1.29 is 8.42 Å². The Kier molecular flexibility index (Phi) is 5.38. The molecule has 8 heteroatoms. The lowest BCUT2D eigenvalue weighted by Gasteiger charge is -2.21. The second-order valence-electron chi connectivity index (χ2n) is 9.98. The highest BCUT2D eigenvalue weighted by Gasteiger charge is 2.34. The fraction of sp³-hybridized carbons (Fsp3) is 0. The van der Waals surface area contributed by atoms with Gasteiger partial charge in [-0.15, -0.1) is 0 Å². The highest BCUT2D eigenvalue weighted by Crippen LogP contribution is 2.42. The van der Waals surface area contributed by atoms with Gasteiger partial charge in [0.1, 0.15) is 5.82 Å². The fourth-order valence-corrected chi connectivity index (χ4v) is 7.10. The number of para-hydroxylation sites is 1. The van der Waals surface area contributed by atoms with Gasteiger partial charge in [-0.25, -0.2) is 28.4 Å². The highest BCUT2D eigenvalue weighted by atomic mass is 32.2. The van der Waals surface area contributed by atoms with Gasteiger partial charge in [0.05, 0.1) is 26.5 Å². The molecular weight excluding hydrogens is 542 g/mol. The molecule has 0 radical (unpaired) electrons. The van der Waals surface area contributed by atoms with E-state index >= 15 is 0 Å². The van der Waals surface area contributed by atoms with Crippen LogP contribution in [0.5, 0.6) is 0 Å². The van der Waals surface area contributed by atoms with Crippen LogP contribution < -0.4 is 0 Å². The van der Waals surface area contributed by atoms with Gasteiger partial charge in [-0.3, -0.25) is 4.57 Å². The number of imidazole rings is 1. The Morgan fingerprint density at radius 1 is 0.476 bits per heavy atom. The van der Waals surface area contributed by atoms with Crippen molar-refractivity contribution in [1.29, 1.82) is 0 Å². The molecule has 0 bridgehead atoms. The Labute approximate surface area is 241 Å². The number of aromatic nitrogens is 5. The van der Waals surface area contributed by atoms with E-state index in [0.29, 0.717) is 45.6 Å². The van der Waals surface area contributed by atoms with Gasteiger partial charge >= 0.3 is 0 Å². The van der Waals surface area contributed by atoms with E-state index in [1.165, 1.54) is 0 Å². The minimum atomic E-state index is -3.86. The highest BCUT2D eigenvalue weighted by molar-refractivity contribution is 7.92. The molecular formula is C34H21N5O2S. The van der Waals surface area contributed by atoms with E-state index in [0.717, 1.165) is 16.7 Å². The lowest BCUT2D eigenvalue weighted by atomic mass is 10.1. The first kappa shape index (κ1) is 24.3. The molecule has 1 aliphatic heterocycles. The molecule has 7 nitrogen and oxygen atoms in total. The molecule has 0 saturated carbocycles. The molecule has 0 N–H and O–H groups in total. The number of nitrogens with zero attached hydrogens (tertiary/aromatic N) is 5. The van der Waals surface area contributed by atoms with Gasteiger partial charge < -0.3 is 0 Å². The van der Waals surface area contributed by atoms with Crippen LogP contribution in [0.4, 0.5) is 0 Å². The van der Waals surface area contributed by atoms with Crippen molar-refractivity contribution in [2.45, 2.75) is 9.79 Å². The summed E-state index contributed by atoms with van der Waals surface area (Å²) in [5, 5.41) is 0. The Balaban J connectivity index is 1.37. The van der Waals surface area contributed by atoms with Crippen LogP contribution in [-0.4, -0.2) is 32.9 Å². The van der Waals surface area contributed by atoms with E-state index < -0.39 is 9.84 Å². The van der Waals surface area contributed by atoms with Crippen molar-refractivity contribution in [2.24, 2.45) is 0 Å². The molecule has 0 spiro atoms. The summed E-state index contributed by atoms with van der Waals surface area (Å²) < 4.78 is 30.1. The molecule has 5 aromatic carbocycles. The van der Waals surface area contributed by atoms with E-state index in [-0.39, 0.29) is 9.79 Å². The lowest BCUT2D eigenvalue weighted by molar-refractivity contribution is 0.594. The molecule has 2 aromatic heterocycles. The molecule has 8 rings (SSSR count). The summed E-state index contributed by atoms with van der Waals surface area (Å²) in [6.45, 7) is 0. The minimum absolute atomic E-state index is 0.179. The monoisotopic (exact) mass is 563 g/mol. The summed E-state index contributed by atoms with van der Waals surface area (Å²) in [6, 6.07) is 39.7. The number of benzene rings is 5. The number of hydrogen-bond donors (Lipinski definition) is 0. The maximum Gasteiger partial charge on any atom is 0.210 e. The summed E-state index contributed by atoms with van der Waals surface area (Å²) in [4.78, 5) is 19.6. The van der Waals surface area contributed by atoms with Crippen LogP contribution in [0.2, 0.25) is 0 Å². The van der Waals surface area contributed by atoms with Crippen LogP contribution in [0, 0.1) is 0 Å². The summed E-state index contributed by atoms with van der Waals surface area (Å²) in [6.07, 6.45) is 0. The molecule has 3 heterocycles. The standard InChI is InChI=1S/C34H21N5O2S/c40-42(41)28-18-10-17-26-30(28)39(34(35-26)24-15-8-3-9-16-24)27-20-19-25(21-29(27)42)33-37-31(22-11-4-1-5-12-22)36-32(38-33)23-13-6-2-7-14-23/h1-21H. The smallest absolute Gasteiger partial charge is 0.210 e. The van der Waals surface area contributed by atoms with Gasteiger partial charge in [0.25, 0.3) is 0 Å². The minimum Gasteiger partial charge on any atom is -0.290 e. The number of hydrogen-bond acceptors (Lipinski definition) is 6. The Hall–Kier alpha value is -5.47. The van der Waals surface area contributed by atoms with Gasteiger partial charge in [-0.1, -0.05) is 97.1 Å². The third-order valence-corrected chi connectivity index (χ3v) is 9.22. The summed E-state index contributed by atoms with van der Waals surface area (Å²) in [5.74, 6) is 2.08. The lowest BCUT2D eigenvalue weighted by Crippen LogP contribution is -2.15. The average Bonchev–Trinajstić information content (AvgIpc) is 3.45. The molecule has 0 saturated heterocycles. The zero-order valence-electron chi connectivity index (χ0n) is 22.1. The maximum atomic E-state index is 14.1. The first-order valence-corrected chi connectivity index (χ1v) is 14.9. The second kappa shape index (κ2) is 9.29. The van der Waals surface area contributed by atoms with Crippen molar-refractivity contribution in [3.8, 4) is 51.2 Å². The van der Waals surface area contributed by atoms with E-state index in [4.69, 9.17) is 19.9 Å². The fourth-order valence-electron chi connectivity index (χ4n) is 5.44. The largest absolute Gasteiger partial charge is 0.290 e. The van der Waals surface area contributed by atoms with Gasteiger partial charge in [0.15, 0.2) is 17.5 Å². The SMILES string of the molecule is O=S1(=O)c2cc(-c3nc(-c4ccccc4)nc(-c4ccccc4)n3)ccc2-n2c(-c3ccccc3)nc3cccc1c32. The van der Waals surface area contributed by atoms with E-state index in [9.17, 15) is 8.42 Å². The molecule has 200 valence electrons. The van der Waals surface area contributed by atoms with Crippen LogP contribution in [-0.2, 0) is 9.84 Å². The molecule has 1 aliphatic rings. The van der Waals surface area contributed by atoms with Crippen LogP contribution in [0.1, 0.15) is 0 Å². The third-order valence-electron chi connectivity index (χ3n) is 7.41. The van der Waals surface area contributed by atoms with E-state index in [2.05, 4.69) is 0 Å². The Morgan fingerprint density at radius 3 is 1.62 bits per heavy atom. The quantitative estimate of drug-likeness (QED) is 0.228. The number of fused-ring (bicyclic) bond motifs is 2. The van der Waals surface area contributed by atoms with Crippen LogP contribution >= 0.6 is 0 Å². The van der Waals surface area contributed by atoms with Crippen molar-refractivity contribution in [1.82, 2.24) is 24.5 Å². The van der Waals surface area contributed by atoms with Crippen LogP contribution in [0.3, 0.4) is 0 Å². The zero-order chi connectivity index (χ0) is 28.3. The topological polar surface area (TPSA) is 90.6 Å². The summed E-state index contributed by atoms with van der Waals surface area (Å²) in [7, 11) is -3.86. The predicted molar refractivity (Wildman–Crippen MR) is 162 cm³/mol. The summed E-state index contributed by atoms with van der Waals surface area (Å²) in [5.41, 5.74) is 4.89. The van der Waals surface area contributed by atoms with Crippen molar-refractivity contribution in [2.75, 3.05) is 0 Å². The molecule has 0 amide bonds. The molecule has 0 atom stereocenters. The number of rotatable bonds is 4. The molecule has 0 aliphatic carbocycles. The maximum absolute atomic E-state index is 14.1. The second-order valence-corrected chi connectivity index (χ2v) is 11.9. The zero-order valence-corrected chi connectivity index (χ0v) is 22.9. The molecule has 42 heavy (non-hydrogen) atoms. The van der Waals surface area contributed by atoms with Gasteiger partial charge in [0, 0.05) is 22.3 Å². The Morgan fingerprint density at radius 2 is 1.02 bits per heavy atom. The van der Waals surface area contributed by atoms with Crippen molar-refractivity contribution in [3.05, 3.63) is 127 Å². The van der Waals surface area contributed by atoms with E-state index in [1.54, 1.807) is 18.2 Å². The third kappa shape index (κ3) is 3.77. The van der Waals surface area contributed by atoms with E-state index in [1.807, 2.05) is 114 Å². The van der Waals surface area contributed by atoms with Gasteiger partial charge in [-0.05, 0) is 30.3 Å². The Bertz CT molecular complexity index is 2190. The molecule has 7 aromatic rings. The van der Waals surface area contributed by atoms with Gasteiger partial charge in [-0.2, -0.15) is 0 Å². The normalized spacial score (nSPS) is 13.1. The first-order valence-electron chi connectivity index (χ1n) is 13.4. The first-order chi connectivity index (χ1) is 20.6. The van der Waals surface area contributed by atoms with Gasteiger partial charge in [0.2, 0.25) is 9.84 Å². The summed E-state index contributed by atoms with van der Waals surface area (Å²) >= 11 is 0.